The monoisotopic (exact) mass is 304 g/mol. The van der Waals surface area contributed by atoms with Crippen LogP contribution < -0.4 is 51.4 Å². The number of rotatable bonds is 11. The SMILES string of the molecule is CCCCCCC(CCCCCO)S(=O)(=O)[O-].[K+]. The van der Waals surface area contributed by atoms with Crippen LogP contribution in [-0.4, -0.2) is 29.9 Å². The minimum absolute atomic E-state index is 0. The van der Waals surface area contributed by atoms with Crippen molar-refractivity contribution < 1.29 is 69.5 Å². The molecule has 0 aliphatic rings. The van der Waals surface area contributed by atoms with Gasteiger partial charge in [-0.25, -0.2) is 8.42 Å². The summed E-state index contributed by atoms with van der Waals surface area (Å²) in [6.45, 7) is 2.22. The molecule has 104 valence electrons. The molecule has 0 aliphatic heterocycles. The molecule has 1 N–H and O–H groups in total. The van der Waals surface area contributed by atoms with E-state index in [2.05, 4.69) is 6.92 Å². The van der Waals surface area contributed by atoms with E-state index in [-0.39, 0.29) is 58.0 Å². The van der Waals surface area contributed by atoms with Crippen molar-refractivity contribution in [2.45, 2.75) is 70.0 Å². The number of aliphatic hydroxyl groups is 1. The summed E-state index contributed by atoms with van der Waals surface area (Å²) in [5.41, 5.74) is 0. The van der Waals surface area contributed by atoms with Gasteiger partial charge in [-0.1, -0.05) is 45.4 Å². The maximum absolute atomic E-state index is 11.1. The summed E-state index contributed by atoms with van der Waals surface area (Å²) in [5, 5.41) is 7.89. The largest absolute Gasteiger partial charge is 1.00 e. The molecule has 0 saturated carbocycles. The summed E-state index contributed by atoms with van der Waals surface area (Å²) in [5.74, 6) is 0. The predicted octanol–water partition coefficient (Wildman–Crippen LogP) is -0.573. The van der Waals surface area contributed by atoms with Crippen LogP contribution in [0.5, 0.6) is 0 Å². The molecule has 0 aromatic rings. The summed E-state index contributed by atoms with van der Waals surface area (Å²) >= 11 is 0. The van der Waals surface area contributed by atoms with E-state index >= 15 is 0 Å². The second-order valence-corrected chi connectivity index (χ2v) is 6.19. The molecule has 0 aromatic heterocycles. The molecular formula is C12H25KO4S. The molecule has 0 rings (SSSR count). The smallest absolute Gasteiger partial charge is 0.748 e. The van der Waals surface area contributed by atoms with Gasteiger partial charge in [0.05, 0.1) is 10.1 Å². The van der Waals surface area contributed by atoms with Gasteiger partial charge in [-0.3, -0.25) is 0 Å². The van der Waals surface area contributed by atoms with Crippen LogP contribution in [0.4, 0.5) is 0 Å². The molecule has 18 heavy (non-hydrogen) atoms. The molecular weight excluding hydrogens is 279 g/mol. The third-order valence-corrected chi connectivity index (χ3v) is 4.26. The van der Waals surface area contributed by atoms with E-state index in [4.69, 9.17) is 5.11 Å². The minimum Gasteiger partial charge on any atom is -0.748 e. The summed E-state index contributed by atoms with van der Waals surface area (Å²) in [6.07, 6.45) is 7.13. The van der Waals surface area contributed by atoms with Gasteiger partial charge >= 0.3 is 51.4 Å². The Morgan fingerprint density at radius 2 is 1.50 bits per heavy atom. The Morgan fingerprint density at radius 3 is 1.89 bits per heavy atom. The molecule has 0 aliphatic carbocycles. The molecule has 0 saturated heterocycles. The van der Waals surface area contributed by atoms with Crippen LogP contribution >= 0.6 is 0 Å². The second kappa shape index (κ2) is 13.5. The standard InChI is InChI=1S/C12H26O4S.K/c1-2-3-4-6-9-12(17(14,15)16)10-7-5-8-11-13;/h12-13H,2-11H2,1H3,(H,14,15,16);/q;+1/p-1. The summed E-state index contributed by atoms with van der Waals surface area (Å²) in [7, 11) is -4.15. The fourth-order valence-electron chi connectivity index (χ4n) is 1.89. The Balaban J connectivity index is 0. The molecule has 6 heteroatoms. The second-order valence-electron chi connectivity index (χ2n) is 4.54. The zero-order valence-electron chi connectivity index (χ0n) is 11.7. The summed E-state index contributed by atoms with van der Waals surface area (Å²) < 4.78 is 33.2. The van der Waals surface area contributed by atoms with Crippen molar-refractivity contribution in [1.29, 1.82) is 0 Å². The van der Waals surface area contributed by atoms with E-state index in [9.17, 15) is 13.0 Å². The van der Waals surface area contributed by atoms with Crippen LogP contribution in [0.15, 0.2) is 0 Å². The molecule has 4 nitrogen and oxygen atoms in total. The van der Waals surface area contributed by atoms with E-state index in [0.717, 1.165) is 32.1 Å². The molecule has 0 heterocycles. The van der Waals surface area contributed by atoms with E-state index in [1.54, 1.807) is 0 Å². The Morgan fingerprint density at radius 1 is 1.00 bits per heavy atom. The molecule has 0 radical (unpaired) electrons. The van der Waals surface area contributed by atoms with Gasteiger partial charge in [0, 0.05) is 11.9 Å². The fraction of sp³-hybridized carbons (Fsp3) is 1.00. The average molecular weight is 304 g/mol. The van der Waals surface area contributed by atoms with Gasteiger partial charge in [-0.05, 0) is 19.3 Å². The molecule has 0 aromatic carbocycles. The zero-order valence-corrected chi connectivity index (χ0v) is 15.7. The van der Waals surface area contributed by atoms with Crippen molar-refractivity contribution >= 4 is 10.1 Å². The Labute approximate surface area is 154 Å². The first-order valence-electron chi connectivity index (χ1n) is 6.58. The van der Waals surface area contributed by atoms with Gasteiger partial charge in [-0.2, -0.15) is 0 Å². The van der Waals surface area contributed by atoms with E-state index in [0.29, 0.717) is 25.7 Å². The van der Waals surface area contributed by atoms with Crippen molar-refractivity contribution in [3.8, 4) is 0 Å². The molecule has 1 atom stereocenters. The molecule has 0 fully saturated rings. The Kier molecular flexibility index (Phi) is 16.3. The van der Waals surface area contributed by atoms with E-state index < -0.39 is 15.4 Å². The molecule has 0 bridgehead atoms. The summed E-state index contributed by atoms with van der Waals surface area (Å²) in [6, 6.07) is 0. The van der Waals surface area contributed by atoms with Crippen LogP contribution in [0.25, 0.3) is 0 Å². The van der Waals surface area contributed by atoms with Gasteiger partial charge in [0.25, 0.3) is 0 Å². The van der Waals surface area contributed by atoms with E-state index in [1.807, 2.05) is 0 Å². The Hall–Kier alpha value is 1.51. The van der Waals surface area contributed by atoms with E-state index in [1.165, 1.54) is 0 Å². The third-order valence-electron chi connectivity index (χ3n) is 2.97. The van der Waals surface area contributed by atoms with Gasteiger partial charge in [-0.15, -0.1) is 0 Å². The first kappa shape index (κ1) is 21.8. The van der Waals surface area contributed by atoms with Gasteiger partial charge in [0.1, 0.15) is 0 Å². The van der Waals surface area contributed by atoms with Crippen LogP contribution in [-0.2, 0) is 10.1 Å². The van der Waals surface area contributed by atoms with Crippen molar-refractivity contribution in [2.24, 2.45) is 0 Å². The molecule has 0 amide bonds. The van der Waals surface area contributed by atoms with Crippen molar-refractivity contribution in [1.82, 2.24) is 0 Å². The third kappa shape index (κ3) is 12.5. The van der Waals surface area contributed by atoms with Gasteiger partial charge in [0.2, 0.25) is 0 Å². The normalized spacial score (nSPS) is 13.1. The predicted molar refractivity (Wildman–Crippen MR) is 67.8 cm³/mol. The number of hydrogen-bond acceptors (Lipinski definition) is 4. The zero-order chi connectivity index (χ0) is 13.1. The van der Waals surface area contributed by atoms with Crippen LogP contribution in [0.2, 0.25) is 0 Å². The quantitative estimate of drug-likeness (QED) is 0.315. The maximum atomic E-state index is 11.1. The van der Waals surface area contributed by atoms with Crippen molar-refractivity contribution in [2.75, 3.05) is 6.61 Å². The van der Waals surface area contributed by atoms with Crippen LogP contribution in [0, 0.1) is 0 Å². The molecule has 1 unspecified atom stereocenters. The number of aliphatic hydroxyl groups excluding tert-OH is 1. The first-order valence-corrected chi connectivity index (χ1v) is 8.05. The molecule has 0 spiro atoms. The van der Waals surface area contributed by atoms with Gasteiger partial charge < -0.3 is 9.66 Å². The Bertz CT molecular complexity index is 255. The minimum atomic E-state index is -4.15. The topological polar surface area (TPSA) is 77.4 Å². The number of unbranched alkanes of at least 4 members (excludes halogenated alkanes) is 5. The maximum Gasteiger partial charge on any atom is 1.00 e. The van der Waals surface area contributed by atoms with Crippen molar-refractivity contribution in [3.63, 3.8) is 0 Å². The number of hydrogen-bond donors (Lipinski definition) is 1. The average Bonchev–Trinajstić information content (AvgIpc) is 2.25. The summed E-state index contributed by atoms with van der Waals surface area (Å²) in [4.78, 5) is 0. The van der Waals surface area contributed by atoms with Gasteiger partial charge in [0.15, 0.2) is 0 Å². The van der Waals surface area contributed by atoms with Crippen LogP contribution in [0.1, 0.15) is 64.7 Å². The van der Waals surface area contributed by atoms with Crippen LogP contribution in [0.3, 0.4) is 0 Å². The van der Waals surface area contributed by atoms with Crippen molar-refractivity contribution in [3.05, 3.63) is 0 Å². The fourth-order valence-corrected chi connectivity index (χ4v) is 2.80. The first-order chi connectivity index (χ1) is 8.02.